The molecule has 13 heteroatoms. The van der Waals surface area contributed by atoms with Gasteiger partial charge in [0.1, 0.15) is 5.76 Å². The monoisotopic (exact) mass is 598 g/mol. The Kier molecular flexibility index (Phi) is 7.67. The number of rotatable bonds is 7. The third kappa shape index (κ3) is 5.39. The Morgan fingerprint density at radius 3 is 2.51 bits per heavy atom. The summed E-state index contributed by atoms with van der Waals surface area (Å²) in [6.45, 7) is 0. The van der Waals surface area contributed by atoms with Crippen molar-refractivity contribution in [2.24, 2.45) is 0 Å². The lowest BCUT2D eigenvalue weighted by Gasteiger charge is -2.22. The highest BCUT2D eigenvalue weighted by molar-refractivity contribution is 8.00. The zero-order valence-electron chi connectivity index (χ0n) is 19.7. The summed E-state index contributed by atoms with van der Waals surface area (Å²) in [5, 5.41) is 32.1. The first-order chi connectivity index (χ1) is 18.7. The van der Waals surface area contributed by atoms with Gasteiger partial charge in [0.05, 0.1) is 16.5 Å². The van der Waals surface area contributed by atoms with E-state index in [2.05, 4.69) is 10.2 Å². The van der Waals surface area contributed by atoms with Gasteiger partial charge < -0.3 is 5.11 Å². The highest BCUT2D eigenvalue weighted by atomic mass is 35.5. The number of aliphatic hydroxyl groups excluding tert-OH is 1. The van der Waals surface area contributed by atoms with Crippen LogP contribution in [0.4, 0.5) is 10.8 Å². The molecule has 4 aromatic rings. The van der Waals surface area contributed by atoms with Gasteiger partial charge in [-0.25, -0.2) is 0 Å². The fourth-order valence-electron chi connectivity index (χ4n) is 4.03. The van der Waals surface area contributed by atoms with Crippen LogP contribution in [-0.2, 0) is 15.3 Å². The van der Waals surface area contributed by atoms with Crippen molar-refractivity contribution in [3.05, 3.63) is 115 Å². The molecule has 3 aromatic carbocycles. The molecule has 1 fully saturated rings. The number of hydrogen-bond acceptors (Lipinski definition) is 9. The Morgan fingerprint density at radius 2 is 1.79 bits per heavy atom. The van der Waals surface area contributed by atoms with E-state index in [1.54, 1.807) is 12.1 Å². The molecule has 39 heavy (non-hydrogen) atoms. The number of benzene rings is 3. The third-order valence-electron chi connectivity index (χ3n) is 5.87. The second kappa shape index (κ2) is 11.1. The van der Waals surface area contributed by atoms with Crippen molar-refractivity contribution in [2.45, 2.75) is 16.1 Å². The number of halogens is 2. The van der Waals surface area contributed by atoms with Crippen molar-refractivity contribution < 1.29 is 19.6 Å². The maximum Gasteiger partial charge on any atom is 0.301 e. The minimum absolute atomic E-state index is 0.102. The van der Waals surface area contributed by atoms with Gasteiger partial charge in [0.2, 0.25) is 5.13 Å². The Balaban J connectivity index is 1.57. The second-order valence-electron chi connectivity index (χ2n) is 8.26. The van der Waals surface area contributed by atoms with Crippen molar-refractivity contribution in [1.82, 2.24) is 10.2 Å². The molecule has 1 saturated heterocycles. The predicted octanol–water partition coefficient (Wildman–Crippen LogP) is 6.67. The second-order valence-corrected chi connectivity index (χ2v) is 11.3. The molecule has 9 nitrogen and oxygen atoms in total. The number of nitrogens with zero attached hydrogens (tertiary/aromatic N) is 4. The Hall–Kier alpha value is -3.77. The fourth-order valence-corrected chi connectivity index (χ4v) is 6.31. The lowest BCUT2D eigenvalue weighted by molar-refractivity contribution is -0.384. The number of nitro benzene ring substituents is 1. The smallest absolute Gasteiger partial charge is 0.301 e. The first kappa shape index (κ1) is 26.8. The molecule has 2 heterocycles. The van der Waals surface area contributed by atoms with Crippen molar-refractivity contribution in [1.29, 1.82) is 0 Å². The van der Waals surface area contributed by atoms with Gasteiger partial charge in [0.25, 0.3) is 11.5 Å². The average molecular weight is 599 g/mol. The summed E-state index contributed by atoms with van der Waals surface area (Å²) in [4.78, 5) is 38.6. The third-order valence-corrected chi connectivity index (χ3v) is 8.60. The van der Waals surface area contributed by atoms with Crippen LogP contribution in [0.15, 0.2) is 82.7 Å². The number of ketones is 1. The summed E-state index contributed by atoms with van der Waals surface area (Å²) in [7, 11) is 0. The van der Waals surface area contributed by atoms with Gasteiger partial charge in [-0.15, -0.1) is 10.2 Å². The zero-order chi connectivity index (χ0) is 27.7. The molecule has 1 atom stereocenters. The zero-order valence-corrected chi connectivity index (χ0v) is 22.8. The van der Waals surface area contributed by atoms with Gasteiger partial charge in [-0.05, 0) is 41.5 Å². The van der Waals surface area contributed by atoms with Crippen molar-refractivity contribution in [3.8, 4) is 0 Å². The molecule has 0 radical (unpaired) electrons. The molecule has 1 amide bonds. The molecule has 0 spiro atoms. The molecule has 1 aliphatic heterocycles. The topological polar surface area (TPSA) is 127 Å². The van der Waals surface area contributed by atoms with Gasteiger partial charge in [-0.1, -0.05) is 76.6 Å². The molecule has 1 unspecified atom stereocenters. The minimum Gasteiger partial charge on any atom is -0.507 e. The standard InChI is InChI=1S/C26H16Cl2N4O5S2/c27-17-10-8-14(9-11-17)22(33)20-21(15-5-3-6-18(12-15)32(36)37)31(24(35)23(20)34)25-29-30-26(39-25)38-13-16-4-1-2-7-19(16)28/h1-12,21,33H,13H2/b22-20-. The molecule has 0 bridgehead atoms. The van der Waals surface area contributed by atoms with Gasteiger partial charge in [0.15, 0.2) is 4.34 Å². The highest BCUT2D eigenvalue weighted by Gasteiger charge is 2.48. The van der Waals surface area contributed by atoms with Crippen LogP contribution in [0.25, 0.3) is 5.76 Å². The molecule has 5 rings (SSSR count). The van der Waals surface area contributed by atoms with E-state index in [0.717, 1.165) is 21.8 Å². The Morgan fingerprint density at radius 1 is 1.05 bits per heavy atom. The minimum atomic E-state index is -1.19. The van der Waals surface area contributed by atoms with E-state index < -0.39 is 28.4 Å². The normalized spacial score (nSPS) is 16.6. The van der Waals surface area contributed by atoms with E-state index >= 15 is 0 Å². The molecule has 1 aromatic heterocycles. The van der Waals surface area contributed by atoms with Gasteiger partial charge in [0, 0.05) is 33.5 Å². The van der Waals surface area contributed by atoms with Gasteiger partial charge in [-0.3, -0.25) is 24.6 Å². The summed E-state index contributed by atoms with van der Waals surface area (Å²) < 4.78 is 0.516. The largest absolute Gasteiger partial charge is 0.507 e. The number of aliphatic hydroxyl groups is 1. The fraction of sp³-hybridized carbons (Fsp3) is 0.0769. The van der Waals surface area contributed by atoms with Gasteiger partial charge in [-0.2, -0.15) is 0 Å². The maximum atomic E-state index is 13.3. The number of thioether (sulfide) groups is 1. The average Bonchev–Trinajstić information content (AvgIpc) is 3.50. The summed E-state index contributed by atoms with van der Waals surface area (Å²) in [5.74, 6) is -1.85. The first-order valence-electron chi connectivity index (χ1n) is 11.3. The molecule has 1 aliphatic rings. The number of carbonyl (C=O) groups is 2. The van der Waals surface area contributed by atoms with Gasteiger partial charge >= 0.3 is 5.91 Å². The molecule has 1 N–H and O–H groups in total. The van der Waals surface area contributed by atoms with E-state index in [9.17, 15) is 24.8 Å². The lowest BCUT2D eigenvalue weighted by Crippen LogP contribution is -2.29. The first-order valence-corrected chi connectivity index (χ1v) is 13.8. The Labute approximate surface area is 239 Å². The van der Waals surface area contributed by atoms with Crippen molar-refractivity contribution in [2.75, 3.05) is 4.90 Å². The summed E-state index contributed by atoms with van der Waals surface area (Å²) >= 11 is 14.6. The number of Topliss-reactive ketones (excluding diaryl/α,β-unsaturated/α-hetero) is 1. The summed E-state index contributed by atoms with van der Waals surface area (Å²) in [6, 6.07) is 17.8. The molecule has 0 saturated carbocycles. The number of aromatic nitrogens is 2. The SMILES string of the molecule is O=C1C(=O)N(c2nnc(SCc3ccccc3Cl)s2)C(c2cccc([N+](=O)[O-])c2)/C1=C(/O)c1ccc(Cl)cc1. The van der Waals surface area contributed by atoms with Crippen LogP contribution in [0.3, 0.4) is 0 Å². The lowest BCUT2D eigenvalue weighted by atomic mass is 9.95. The van der Waals surface area contributed by atoms with Crippen LogP contribution in [-0.4, -0.2) is 31.9 Å². The molecule has 196 valence electrons. The van der Waals surface area contributed by atoms with Crippen LogP contribution in [0.2, 0.25) is 10.0 Å². The quantitative estimate of drug-likeness (QED) is 0.0475. The van der Waals surface area contributed by atoms with Crippen molar-refractivity contribution >= 4 is 74.6 Å². The van der Waals surface area contributed by atoms with Crippen LogP contribution in [0.1, 0.15) is 22.7 Å². The highest BCUT2D eigenvalue weighted by Crippen LogP contribution is 2.44. The number of non-ortho nitro benzene ring substituents is 1. The van der Waals surface area contributed by atoms with Crippen LogP contribution in [0.5, 0.6) is 0 Å². The number of nitro groups is 1. The van der Waals surface area contributed by atoms with E-state index in [0.29, 0.717) is 20.1 Å². The van der Waals surface area contributed by atoms with Crippen molar-refractivity contribution in [3.63, 3.8) is 0 Å². The van der Waals surface area contributed by atoms with E-state index in [4.69, 9.17) is 23.2 Å². The van der Waals surface area contributed by atoms with E-state index in [1.807, 2.05) is 18.2 Å². The number of amides is 1. The predicted molar refractivity (Wildman–Crippen MR) is 150 cm³/mol. The van der Waals surface area contributed by atoms with Crippen LogP contribution in [0, 0.1) is 10.1 Å². The summed E-state index contributed by atoms with van der Waals surface area (Å²) in [6.07, 6.45) is 0. The van der Waals surface area contributed by atoms with E-state index in [1.165, 1.54) is 54.2 Å². The number of carbonyl (C=O) groups excluding carboxylic acids is 2. The van der Waals surface area contributed by atoms with Crippen LogP contribution >= 0.6 is 46.3 Å². The Bertz CT molecular complexity index is 1640. The van der Waals surface area contributed by atoms with E-state index in [-0.39, 0.29) is 27.5 Å². The molecule has 0 aliphatic carbocycles. The summed E-state index contributed by atoms with van der Waals surface area (Å²) in [5.41, 5.74) is 0.919. The molecular weight excluding hydrogens is 583 g/mol. The van der Waals surface area contributed by atoms with Crippen LogP contribution < -0.4 is 4.90 Å². The number of hydrogen-bond donors (Lipinski definition) is 1. The maximum absolute atomic E-state index is 13.3. The molecular formula is C26H16Cl2N4O5S2. The number of anilines is 1.